The molecule has 1 aliphatic carbocycles. The number of esters is 1. The number of ketones is 1. The molecule has 5 nitrogen and oxygen atoms in total. The number of para-hydroxylation sites is 1. The van der Waals surface area contributed by atoms with E-state index in [0.29, 0.717) is 29.2 Å². The third-order valence-electron chi connectivity index (χ3n) is 3.84. The maximum atomic E-state index is 12.4. The van der Waals surface area contributed by atoms with Crippen LogP contribution in [0.15, 0.2) is 36.4 Å². The molecule has 0 fully saturated rings. The van der Waals surface area contributed by atoms with Crippen LogP contribution in [-0.2, 0) is 6.42 Å². The van der Waals surface area contributed by atoms with E-state index < -0.39 is 5.97 Å². The van der Waals surface area contributed by atoms with Gasteiger partial charge in [-0.05, 0) is 36.2 Å². The highest BCUT2D eigenvalue weighted by Gasteiger charge is 2.22. The number of ether oxygens (including phenoxy) is 3. The van der Waals surface area contributed by atoms with Crippen molar-refractivity contribution in [3.05, 3.63) is 53.1 Å². The summed E-state index contributed by atoms with van der Waals surface area (Å²) in [6.07, 6.45) is 1.25. The molecule has 1 aliphatic rings. The van der Waals surface area contributed by atoms with Gasteiger partial charge in [0.25, 0.3) is 0 Å². The minimum absolute atomic E-state index is 0.0804. The van der Waals surface area contributed by atoms with Gasteiger partial charge >= 0.3 is 5.97 Å². The molecule has 0 aliphatic heterocycles. The van der Waals surface area contributed by atoms with Gasteiger partial charge in [0.2, 0.25) is 0 Å². The van der Waals surface area contributed by atoms with Crippen LogP contribution in [0.4, 0.5) is 0 Å². The summed E-state index contributed by atoms with van der Waals surface area (Å²) in [5.74, 6) is 0.625. The van der Waals surface area contributed by atoms with Crippen molar-refractivity contribution in [3.8, 4) is 17.2 Å². The van der Waals surface area contributed by atoms with Crippen molar-refractivity contribution in [1.82, 2.24) is 0 Å². The summed E-state index contributed by atoms with van der Waals surface area (Å²) in [7, 11) is 2.96. The molecule has 0 bridgehead atoms. The lowest BCUT2D eigenvalue weighted by Gasteiger charge is -2.12. The van der Waals surface area contributed by atoms with E-state index in [2.05, 4.69) is 0 Å². The molecule has 0 saturated carbocycles. The molecule has 0 spiro atoms. The van der Waals surface area contributed by atoms with Gasteiger partial charge in [-0.1, -0.05) is 12.1 Å². The lowest BCUT2D eigenvalue weighted by atomic mass is 10.1. The quantitative estimate of drug-likeness (QED) is 0.641. The minimum atomic E-state index is -0.564. The fourth-order valence-corrected chi connectivity index (χ4v) is 2.69. The number of fused-ring (bicyclic) bond motifs is 1. The van der Waals surface area contributed by atoms with Crippen molar-refractivity contribution in [2.24, 2.45) is 0 Å². The van der Waals surface area contributed by atoms with Crippen LogP contribution in [0.3, 0.4) is 0 Å². The smallest absolute Gasteiger partial charge is 0.347 e. The van der Waals surface area contributed by atoms with Gasteiger partial charge in [-0.25, -0.2) is 4.79 Å². The van der Waals surface area contributed by atoms with Gasteiger partial charge < -0.3 is 14.2 Å². The van der Waals surface area contributed by atoms with Crippen LogP contribution in [-0.4, -0.2) is 26.0 Å². The molecule has 23 heavy (non-hydrogen) atoms. The second-order valence-electron chi connectivity index (χ2n) is 5.17. The van der Waals surface area contributed by atoms with Crippen LogP contribution in [0.2, 0.25) is 0 Å². The standard InChI is InChI=1S/C18H16O5/c1-21-16-5-3-4-13(17(16)22-2)18(20)23-12-8-6-11-7-9-15(19)14(11)10-12/h3-6,8,10H,7,9H2,1-2H3. The Labute approximate surface area is 133 Å². The first-order chi connectivity index (χ1) is 11.1. The number of methoxy groups -OCH3 is 2. The molecule has 3 rings (SSSR count). The maximum Gasteiger partial charge on any atom is 0.347 e. The number of benzene rings is 2. The average molecular weight is 312 g/mol. The minimum Gasteiger partial charge on any atom is -0.493 e. The third-order valence-corrected chi connectivity index (χ3v) is 3.84. The molecule has 0 radical (unpaired) electrons. The third kappa shape index (κ3) is 2.77. The molecular formula is C18H16O5. The zero-order chi connectivity index (χ0) is 16.4. The Kier molecular flexibility index (Phi) is 4.02. The van der Waals surface area contributed by atoms with Crippen LogP contribution in [0.5, 0.6) is 17.2 Å². The van der Waals surface area contributed by atoms with Crippen molar-refractivity contribution in [1.29, 1.82) is 0 Å². The summed E-state index contributed by atoms with van der Waals surface area (Å²) in [4.78, 5) is 24.2. The van der Waals surface area contributed by atoms with Crippen LogP contribution in [0.25, 0.3) is 0 Å². The van der Waals surface area contributed by atoms with Gasteiger partial charge in [0.05, 0.1) is 14.2 Å². The lowest BCUT2D eigenvalue weighted by Crippen LogP contribution is -2.11. The number of carbonyl (C=O) groups excluding carboxylic acids is 2. The van der Waals surface area contributed by atoms with Crippen LogP contribution in [0, 0.1) is 0 Å². The van der Waals surface area contributed by atoms with Crippen molar-refractivity contribution in [2.45, 2.75) is 12.8 Å². The highest BCUT2D eigenvalue weighted by molar-refractivity contribution is 6.01. The molecule has 5 heteroatoms. The van der Waals surface area contributed by atoms with E-state index >= 15 is 0 Å². The van der Waals surface area contributed by atoms with E-state index in [9.17, 15) is 9.59 Å². The predicted molar refractivity (Wildman–Crippen MR) is 83.6 cm³/mol. The highest BCUT2D eigenvalue weighted by atomic mass is 16.5. The molecule has 0 heterocycles. The lowest BCUT2D eigenvalue weighted by molar-refractivity contribution is 0.0729. The summed E-state index contributed by atoms with van der Waals surface area (Å²) in [5, 5.41) is 0. The number of hydrogen-bond acceptors (Lipinski definition) is 5. The predicted octanol–water partition coefficient (Wildman–Crippen LogP) is 3.05. The highest BCUT2D eigenvalue weighted by Crippen LogP contribution is 2.32. The second kappa shape index (κ2) is 6.12. The SMILES string of the molecule is COc1cccc(C(=O)Oc2ccc3c(c2)C(=O)CC3)c1OC. The number of hydrogen-bond donors (Lipinski definition) is 0. The van der Waals surface area contributed by atoms with E-state index in [1.807, 2.05) is 6.07 Å². The molecular weight excluding hydrogens is 296 g/mol. The Morgan fingerprint density at radius 1 is 1.04 bits per heavy atom. The Hall–Kier alpha value is -2.82. The number of rotatable bonds is 4. The van der Waals surface area contributed by atoms with Gasteiger partial charge in [0, 0.05) is 12.0 Å². The van der Waals surface area contributed by atoms with E-state index in [0.717, 1.165) is 12.0 Å². The fraction of sp³-hybridized carbons (Fsp3) is 0.222. The van der Waals surface area contributed by atoms with E-state index in [-0.39, 0.29) is 11.3 Å². The molecule has 2 aromatic rings. The van der Waals surface area contributed by atoms with Gasteiger partial charge in [-0.3, -0.25) is 4.79 Å². The summed E-state index contributed by atoms with van der Waals surface area (Å²) in [6, 6.07) is 10.1. The van der Waals surface area contributed by atoms with Gasteiger partial charge in [0.15, 0.2) is 17.3 Å². The summed E-state index contributed by atoms with van der Waals surface area (Å²) < 4.78 is 15.8. The summed E-state index contributed by atoms with van der Waals surface area (Å²) in [5.41, 5.74) is 1.89. The molecule has 0 amide bonds. The molecule has 0 N–H and O–H groups in total. The van der Waals surface area contributed by atoms with Crippen molar-refractivity contribution in [3.63, 3.8) is 0 Å². The zero-order valence-corrected chi connectivity index (χ0v) is 12.9. The average Bonchev–Trinajstić information content (AvgIpc) is 2.94. The summed E-state index contributed by atoms with van der Waals surface area (Å²) >= 11 is 0. The Balaban J connectivity index is 1.88. The Bertz CT molecular complexity index is 779. The molecule has 0 unspecified atom stereocenters. The number of aryl methyl sites for hydroxylation is 1. The number of carbonyl (C=O) groups is 2. The monoisotopic (exact) mass is 312 g/mol. The van der Waals surface area contributed by atoms with Crippen molar-refractivity contribution in [2.75, 3.05) is 14.2 Å². The van der Waals surface area contributed by atoms with E-state index in [1.165, 1.54) is 14.2 Å². The largest absolute Gasteiger partial charge is 0.493 e. The molecule has 118 valence electrons. The fourth-order valence-electron chi connectivity index (χ4n) is 2.69. The van der Waals surface area contributed by atoms with Gasteiger partial charge in [0.1, 0.15) is 11.3 Å². The van der Waals surface area contributed by atoms with E-state index in [1.54, 1.807) is 30.3 Å². The topological polar surface area (TPSA) is 61.8 Å². The van der Waals surface area contributed by atoms with Gasteiger partial charge in [-0.15, -0.1) is 0 Å². The van der Waals surface area contributed by atoms with Crippen molar-refractivity contribution < 1.29 is 23.8 Å². The van der Waals surface area contributed by atoms with Crippen LogP contribution < -0.4 is 14.2 Å². The first-order valence-corrected chi connectivity index (χ1v) is 7.23. The Morgan fingerprint density at radius 3 is 2.61 bits per heavy atom. The Morgan fingerprint density at radius 2 is 1.87 bits per heavy atom. The van der Waals surface area contributed by atoms with Crippen LogP contribution in [0.1, 0.15) is 32.7 Å². The molecule has 2 aromatic carbocycles. The maximum absolute atomic E-state index is 12.4. The van der Waals surface area contributed by atoms with Crippen molar-refractivity contribution >= 4 is 11.8 Å². The first kappa shape index (κ1) is 15.1. The first-order valence-electron chi connectivity index (χ1n) is 7.23. The number of Topliss-reactive ketones (excluding diaryl/α,β-unsaturated/α-hetero) is 1. The van der Waals surface area contributed by atoms with E-state index in [4.69, 9.17) is 14.2 Å². The summed E-state index contributed by atoms with van der Waals surface area (Å²) in [6.45, 7) is 0. The second-order valence-corrected chi connectivity index (χ2v) is 5.17. The zero-order valence-electron chi connectivity index (χ0n) is 12.9. The normalized spacial score (nSPS) is 12.7. The molecule has 0 saturated heterocycles. The molecule has 0 atom stereocenters. The molecule has 0 aromatic heterocycles. The van der Waals surface area contributed by atoms with Crippen LogP contribution >= 0.6 is 0 Å². The van der Waals surface area contributed by atoms with Gasteiger partial charge in [-0.2, -0.15) is 0 Å².